The van der Waals surface area contributed by atoms with E-state index in [-0.39, 0.29) is 23.8 Å². The van der Waals surface area contributed by atoms with E-state index in [9.17, 15) is 9.18 Å². The summed E-state index contributed by atoms with van der Waals surface area (Å²) in [4.78, 5) is 13.9. The van der Waals surface area contributed by atoms with Gasteiger partial charge in [0.05, 0.1) is 6.04 Å². The SMILES string of the molecule is CC[C@H](CN(Cc1ccccc1F)C(C)C(=O)NC)NC. The van der Waals surface area contributed by atoms with Crippen LogP contribution in [0.2, 0.25) is 0 Å². The van der Waals surface area contributed by atoms with Crippen molar-refractivity contribution in [2.24, 2.45) is 0 Å². The second kappa shape index (κ2) is 8.74. The Hall–Kier alpha value is -1.46. The molecule has 1 aromatic carbocycles. The number of nitrogens with one attached hydrogen (secondary N) is 2. The van der Waals surface area contributed by atoms with Gasteiger partial charge < -0.3 is 10.6 Å². The predicted molar refractivity (Wildman–Crippen MR) is 83.5 cm³/mol. The molecule has 1 rings (SSSR count). The molecule has 1 amide bonds. The smallest absolute Gasteiger partial charge is 0.236 e. The van der Waals surface area contributed by atoms with E-state index < -0.39 is 0 Å². The summed E-state index contributed by atoms with van der Waals surface area (Å²) in [5, 5.41) is 5.89. The molecule has 4 nitrogen and oxygen atoms in total. The highest BCUT2D eigenvalue weighted by atomic mass is 19.1. The standard InChI is InChI=1S/C16H26FN3O/c1-5-14(18-3)11-20(12(2)16(21)19-4)10-13-8-6-7-9-15(13)17/h6-9,12,14,18H,5,10-11H2,1-4H3,(H,19,21)/t12?,14-/m1/s1. The van der Waals surface area contributed by atoms with Crippen LogP contribution in [-0.4, -0.2) is 43.5 Å². The zero-order valence-electron chi connectivity index (χ0n) is 13.3. The zero-order valence-corrected chi connectivity index (χ0v) is 13.3. The number of amides is 1. The van der Waals surface area contributed by atoms with Gasteiger partial charge in [0.1, 0.15) is 5.82 Å². The van der Waals surface area contributed by atoms with Crippen LogP contribution in [0.4, 0.5) is 4.39 Å². The Morgan fingerprint density at radius 1 is 1.33 bits per heavy atom. The third-order valence-electron chi connectivity index (χ3n) is 3.86. The fourth-order valence-electron chi connectivity index (χ4n) is 2.29. The molecule has 0 aliphatic carbocycles. The Bertz CT molecular complexity index is 449. The van der Waals surface area contributed by atoms with E-state index in [0.29, 0.717) is 18.7 Å². The molecule has 0 aliphatic heterocycles. The van der Waals surface area contributed by atoms with Crippen LogP contribution in [0.15, 0.2) is 24.3 Å². The molecule has 0 spiro atoms. The fourth-order valence-corrected chi connectivity index (χ4v) is 2.29. The predicted octanol–water partition coefficient (Wildman–Crippen LogP) is 1.76. The number of rotatable bonds is 8. The van der Waals surface area contributed by atoms with Crippen LogP contribution in [-0.2, 0) is 11.3 Å². The molecule has 118 valence electrons. The van der Waals surface area contributed by atoms with Crippen molar-refractivity contribution in [3.8, 4) is 0 Å². The van der Waals surface area contributed by atoms with Crippen molar-refractivity contribution in [1.29, 1.82) is 0 Å². The van der Waals surface area contributed by atoms with E-state index >= 15 is 0 Å². The molecule has 1 unspecified atom stereocenters. The third kappa shape index (κ3) is 5.10. The lowest BCUT2D eigenvalue weighted by Crippen LogP contribution is -2.48. The molecular formula is C16H26FN3O. The Labute approximate surface area is 126 Å². The second-order valence-corrected chi connectivity index (χ2v) is 5.20. The number of carbonyl (C=O) groups is 1. The van der Waals surface area contributed by atoms with E-state index in [4.69, 9.17) is 0 Å². The molecule has 0 fully saturated rings. The van der Waals surface area contributed by atoms with Crippen LogP contribution >= 0.6 is 0 Å². The molecule has 2 atom stereocenters. The molecule has 0 radical (unpaired) electrons. The van der Waals surface area contributed by atoms with Gasteiger partial charge >= 0.3 is 0 Å². The fraction of sp³-hybridized carbons (Fsp3) is 0.562. The van der Waals surface area contributed by atoms with E-state index in [0.717, 1.165) is 6.42 Å². The minimum atomic E-state index is -0.308. The Kier molecular flexibility index (Phi) is 7.32. The van der Waals surface area contributed by atoms with Crippen LogP contribution in [0.1, 0.15) is 25.8 Å². The number of hydrogen-bond donors (Lipinski definition) is 2. The van der Waals surface area contributed by atoms with Crippen molar-refractivity contribution in [2.45, 2.75) is 38.9 Å². The lowest BCUT2D eigenvalue weighted by atomic mass is 10.1. The quantitative estimate of drug-likeness (QED) is 0.768. The molecule has 2 N–H and O–H groups in total. The highest BCUT2D eigenvalue weighted by molar-refractivity contribution is 5.80. The first-order valence-electron chi connectivity index (χ1n) is 7.39. The van der Waals surface area contributed by atoms with Crippen LogP contribution in [0.5, 0.6) is 0 Å². The van der Waals surface area contributed by atoms with Crippen molar-refractivity contribution >= 4 is 5.91 Å². The van der Waals surface area contributed by atoms with Gasteiger partial charge in [-0.15, -0.1) is 0 Å². The van der Waals surface area contributed by atoms with Crippen LogP contribution in [0.3, 0.4) is 0 Å². The van der Waals surface area contributed by atoms with Gasteiger partial charge in [-0.3, -0.25) is 9.69 Å². The maximum Gasteiger partial charge on any atom is 0.236 e. The van der Waals surface area contributed by atoms with Crippen molar-refractivity contribution in [1.82, 2.24) is 15.5 Å². The summed E-state index contributed by atoms with van der Waals surface area (Å²) in [6.07, 6.45) is 0.949. The van der Waals surface area contributed by atoms with Gasteiger partial charge in [-0.25, -0.2) is 4.39 Å². The molecule has 0 saturated heterocycles. The van der Waals surface area contributed by atoms with Gasteiger partial charge in [0.15, 0.2) is 0 Å². The van der Waals surface area contributed by atoms with E-state index in [1.54, 1.807) is 19.2 Å². The summed E-state index contributed by atoms with van der Waals surface area (Å²) in [6, 6.07) is 6.66. The highest BCUT2D eigenvalue weighted by Gasteiger charge is 2.23. The first kappa shape index (κ1) is 17.6. The molecule has 0 aromatic heterocycles. The number of likely N-dealkylation sites (N-methyl/N-ethyl adjacent to an activating group) is 2. The van der Waals surface area contributed by atoms with Crippen LogP contribution in [0.25, 0.3) is 0 Å². The topological polar surface area (TPSA) is 44.4 Å². The zero-order chi connectivity index (χ0) is 15.8. The van der Waals surface area contributed by atoms with Gasteiger partial charge in [0.2, 0.25) is 5.91 Å². The Morgan fingerprint density at radius 2 is 2.00 bits per heavy atom. The summed E-state index contributed by atoms with van der Waals surface area (Å²) in [7, 11) is 3.52. The lowest BCUT2D eigenvalue weighted by Gasteiger charge is -2.31. The van der Waals surface area contributed by atoms with Crippen molar-refractivity contribution < 1.29 is 9.18 Å². The largest absolute Gasteiger partial charge is 0.358 e. The monoisotopic (exact) mass is 295 g/mol. The summed E-state index contributed by atoms with van der Waals surface area (Å²) in [5.74, 6) is -0.290. The molecule has 0 saturated carbocycles. The number of halogens is 1. The summed E-state index contributed by atoms with van der Waals surface area (Å²) < 4.78 is 13.9. The second-order valence-electron chi connectivity index (χ2n) is 5.20. The molecule has 0 aliphatic rings. The molecule has 1 aromatic rings. The highest BCUT2D eigenvalue weighted by Crippen LogP contribution is 2.13. The van der Waals surface area contributed by atoms with Gasteiger partial charge in [-0.05, 0) is 26.5 Å². The van der Waals surface area contributed by atoms with Crippen molar-refractivity contribution in [3.05, 3.63) is 35.6 Å². The summed E-state index contributed by atoms with van der Waals surface area (Å²) >= 11 is 0. The average molecular weight is 295 g/mol. The van der Waals surface area contributed by atoms with Crippen molar-refractivity contribution in [2.75, 3.05) is 20.6 Å². The van der Waals surface area contributed by atoms with Gasteiger partial charge in [-0.1, -0.05) is 25.1 Å². The first-order chi connectivity index (χ1) is 10.0. The molecule has 0 bridgehead atoms. The number of benzene rings is 1. The minimum absolute atomic E-state index is 0.0581. The maximum absolute atomic E-state index is 13.9. The van der Waals surface area contributed by atoms with Gasteiger partial charge in [-0.2, -0.15) is 0 Å². The average Bonchev–Trinajstić information content (AvgIpc) is 2.51. The summed E-state index contributed by atoms with van der Waals surface area (Å²) in [6.45, 7) is 5.05. The molecular weight excluding hydrogens is 269 g/mol. The molecule has 5 heteroatoms. The third-order valence-corrected chi connectivity index (χ3v) is 3.86. The minimum Gasteiger partial charge on any atom is -0.358 e. The van der Waals surface area contributed by atoms with Gasteiger partial charge in [0, 0.05) is 31.7 Å². The van der Waals surface area contributed by atoms with Crippen LogP contribution in [0, 0.1) is 5.82 Å². The number of carbonyl (C=O) groups excluding carboxylic acids is 1. The van der Waals surface area contributed by atoms with Gasteiger partial charge in [0.25, 0.3) is 0 Å². The van der Waals surface area contributed by atoms with Crippen molar-refractivity contribution in [3.63, 3.8) is 0 Å². The number of hydrogen-bond acceptors (Lipinski definition) is 3. The number of nitrogens with zero attached hydrogens (tertiary/aromatic N) is 1. The first-order valence-corrected chi connectivity index (χ1v) is 7.39. The molecule has 21 heavy (non-hydrogen) atoms. The normalized spacial score (nSPS) is 14.0. The summed E-state index contributed by atoms with van der Waals surface area (Å²) in [5.41, 5.74) is 0.610. The Balaban J connectivity index is 2.90. The molecule has 0 heterocycles. The maximum atomic E-state index is 13.9. The van der Waals surface area contributed by atoms with Crippen LogP contribution < -0.4 is 10.6 Å². The Morgan fingerprint density at radius 3 is 2.52 bits per heavy atom. The van der Waals surface area contributed by atoms with E-state index in [1.807, 2.05) is 24.9 Å². The van der Waals surface area contributed by atoms with E-state index in [2.05, 4.69) is 17.6 Å². The lowest BCUT2D eigenvalue weighted by molar-refractivity contribution is -0.125. The van der Waals surface area contributed by atoms with E-state index in [1.165, 1.54) is 6.07 Å².